The topological polar surface area (TPSA) is 80.8 Å². The molecule has 2 atom stereocenters. The van der Waals surface area contributed by atoms with Gasteiger partial charge in [0.1, 0.15) is 0 Å². The molecule has 1 aliphatic carbocycles. The molecule has 0 spiro atoms. The normalized spacial score (nSPS) is 32.3. The zero-order valence-electron chi connectivity index (χ0n) is 13.1. The van der Waals surface area contributed by atoms with Crippen LogP contribution in [-0.4, -0.2) is 47.4 Å². The average Bonchev–Trinajstić information content (AvgIpc) is 3.04. The van der Waals surface area contributed by atoms with E-state index in [4.69, 9.17) is 5.26 Å². The predicted molar refractivity (Wildman–Crippen MR) is 87.0 cm³/mol. The molecule has 0 aromatic carbocycles. The van der Waals surface area contributed by atoms with Crippen LogP contribution in [0.3, 0.4) is 0 Å². The summed E-state index contributed by atoms with van der Waals surface area (Å²) in [6.07, 6.45) is 8.55. The number of piperidine rings is 1. The van der Waals surface area contributed by atoms with E-state index in [1.165, 1.54) is 12.8 Å². The Morgan fingerprint density at radius 2 is 2.09 bits per heavy atom. The van der Waals surface area contributed by atoms with Crippen LogP contribution in [0.2, 0.25) is 0 Å². The van der Waals surface area contributed by atoms with E-state index in [1.54, 1.807) is 6.08 Å². The zero-order valence-corrected chi connectivity index (χ0v) is 13.1. The summed E-state index contributed by atoms with van der Waals surface area (Å²) in [7, 11) is 2.18. The number of nitriles is 1. The molecule has 6 nitrogen and oxygen atoms in total. The van der Waals surface area contributed by atoms with E-state index in [0.717, 1.165) is 18.6 Å². The second kappa shape index (κ2) is 5.43. The minimum Gasteiger partial charge on any atom is -0.348 e. The van der Waals surface area contributed by atoms with Crippen LogP contribution in [0.4, 0.5) is 0 Å². The molecule has 4 rings (SSSR count). The summed E-state index contributed by atoms with van der Waals surface area (Å²) in [4.78, 5) is 15.1. The van der Waals surface area contributed by atoms with E-state index in [2.05, 4.69) is 33.5 Å². The summed E-state index contributed by atoms with van der Waals surface area (Å²) in [5.41, 5.74) is 2.40. The van der Waals surface area contributed by atoms with Gasteiger partial charge in [0.05, 0.1) is 11.8 Å². The van der Waals surface area contributed by atoms with Crippen LogP contribution in [0.15, 0.2) is 33.5 Å². The van der Waals surface area contributed by atoms with Crippen LogP contribution in [0, 0.1) is 11.3 Å². The van der Waals surface area contributed by atoms with Gasteiger partial charge in [-0.25, -0.2) is 0 Å². The smallest absolute Gasteiger partial charge is 0.272 e. The Morgan fingerprint density at radius 1 is 1.35 bits per heavy atom. The number of rotatable bonds is 2. The van der Waals surface area contributed by atoms with E-state index in [1.807, 2.05) is 6.08 Å². The first-order chi connectivity index (χ1) is 11.2. The van der Waals surface area contributed by atoms with Gasteiger partial charge in [-0.2, -0.15) is 10.4 Å². The SMILES string of the molecule is CN1C2CCC1CC(NC(=O)C1=NN=C3CC=C(C#N)C=C31)C2. The highest BCUT2D eigenvalue weighted by Crippen LogP contribution is 2.34. The van der Waals surface area contributed by atoms with Crippen molar-refractivity contribution in [2.75, 3.05) is 7.05 Å². The third-order valence-electron chi connectivity index (χ3n) is 5.43. The summed E-state index contributed by atoms with van der Waals surface area (Å²) >= 11 is 0. The zero-order chi connectivity index (χ0) is 16.0. The lowest BCUT2D eigenvalue weighted by Gasteiger charge is -2.36. The Morgan fingerprint density at radius 3 is 2.78 bits per heavy atom. The Labute approximate surface area is 135 Å². The minimum atomic E-state index is -0.164. The Hall–Kier alpha value is -2.26. The number of carbonyl (C=O) groups excluding carboxylic acids is 1. The van der Waals surface area contributed by atoms with Crippen LogP contribution in [0.5, 0.6) is 0 Å². The van der Waals surface area contributed by atoms with Gasteiger partial charge in [-0.1, -0.05) is 6.08 Å². The molecule has 1 N–H and O–H groups in total. The maximum atomic E-state index is 12.6. The van der Waals surface area contributed by atoms with Crippen molar-refractivity contribution in [3.05, 3.63) is 23.3 Å². The van der Waals surface area contributed by atoms with Gasteiger partial charge >= 0.3 is 0 Å². The molecule has 2 unspecified atom stereocenters. The highest BCUT2D eigenvalue weighted by molar-refractivity contribution is 6.53. The molecule has 0 aromatic heterocycles. The standard InChI is InChI=1S/C17H19N5O/c1-22-12-3-4-13(22)8-11(7-12)19-17(23)16-14-6-10(9-18)2-5-15(14)20-21-16/h2,6,11-13H,3-5,7-8H2,1H3,(H,19,23). The lowest BCUT2D eigenvalue weighted by molar-refractivity contribution is -0.115. The van der Waals surface area contributed by atoms with Gasteiger partial charge in [0.15, 0.2) is 5.71 Å². The largest absolute Gasteiger partial charge is 0.348 e. The van der Waals surface area contributed by atoms with E-state index < -0.39 is 0 Å². The molecule has 2 fully saturated rings. The summed E-state index contributed by atoms with van der Waals surface area (Å²) in [5.74, 6) is -0.164. The third kappa shape index (κ3) is 2.41. The molecule has 3 heterocycles. The van der Waals surface area contributed by atoms with Gasteiger partial charge in [0.2, 0.25) is 0 Å². The van der Waals surface area contributed by atoms with Gasteiger partial charge in [-0.05, 0) is 38.8 Å². The number of hydrogen-bond donors (Lipinski definition) is 1. The molecule has 0 saturated carbocycles. The highest BCUT2D eigenvalue weighted by atomic mass is 16.2. The first kappa shape index (κ1) is 14.3. The number of hydrogen-bond acceptors (Lipinski definition) is 5. The maximum absolute atomic E-state index is 12.6. The van der Waals surface area contributed by atoms with Gasteiger partial charge < -0.3 is 10.2 Å². The number of nitrogens with one attached hydrogen (secondary N) is 1. The van der Waals surface area contributed by atoms with Gasteiger partial charge in [-0.3, -0.25) is 4.79 Å². The van der Waals surface area contributed by atoms with Crippen molar-refractivity contribution in [1.82, 2.24) is 10.2 Å². The number of amides is 1. The maximum Gasteiger partial charge on any atom is 0.272 e. The van der Waals surface area contributed by atoms with Crippen molar-refractivity contribution in [3.8, 4) is 6.07 Å². The van der Waals surface area contributed by atoms with Gasteiger partial charge in [0.25, 0.3) is 5.91 Å². The van der Waals surface area contributed by atoms with Crippen LogP contribution in [0.25, 0.3) is 0 Å². The summed E-state index contributed by atoms with van der Waals surface area (Å²) in [5, 5.41) is 20.3. The molecule has 0 radical (unpaired) electrons. The molecule has 118 valence electrons. The Balaban J connectivity index is 1.46. The number of carbonyl (C=O) groups is 1. The van der Waals surface area contributed by atoms with E-state index in [0.29, 0.717) is 35.4 Å². The van der Waals surface area contributed by atoms with E-state index >= 15 is 0 Å². The Kier molecular flexibility index (Phi) is 3.38. The highest BCUT2D eigenvalue weighted by Gasteiger charge is 2.39. The molecule has 0 aromatic rings. The monoisotopic (exact) mass is 309 g/mol. The summed E-state index contributed by atoms with van der Waals surface area (Å²) in [6, 6.07) is 3.49. The summed E-state index contributed by atoms with van der Waals surface area (Å²) in [6.45, 7) is 0. The van der Waals surface area contributed by atoms with Crippen LogP contribution >= 0.6 is 0 Å². The second-order valence-corrected chi connectivity index (χ2v) is 6.72. The third-order valence-corrected chi connectivity index (χ3v) is 5.43. The molecule has 2 saturated heterocycles. The first-order valence-corrected chi connectivity index (χ1v) is 8.15. The van der Waals surface area contributed by atoms with E-state index in [9.17, 15) is 4.79 Å². The van der Waals surface area contributed by atoms with Crippen molar-refractivity contribution < 1.29 is 4.79 Å². The average molecular weight is 309 g/mol. The van der Waals surface area contributed by atoms with Gasteiger partial charge in [0, 0.05) is 35.7 Å². The quantitative estimate of drug-likeness (QED) is 0.835. The number of allylic oxidation sites excluding steroid dienone is 3. The molecular formula is C17H19N5O. The lowest BCUT2D eigenvalue weighted by atomic mass is 9.93. The van der Waals surface area contributed by atoms with Crippen molar-refractivity contribution in [1.29, 1.82) is 5.26 Å². The molecule has 23 heavy (non-hydrogen) atoms. The van der Waals surface area contributed by atoms with Crippen LogP contribution in [-0.2, 0) is 4.79 Å². The fourth-order valence-electron chi connectivity index (χ4n) is 4.11. The molecule has 3 aliphatic heterocycles. The van der Waals surface area contributed by atoms with Gasteiger partial charge in [-0.15, -0.1) is 5.10 Å². The van der Waals surface area contributed by atoms with Crippen LogP contribution in [0.1, 0.15) is 32.1 Å². The fourth-order valence-corrected chi connectivity index (χ4v) is 4.11. The molecule has 2 bridgehead atoms. The lowest BCUT2D eigenvalue weighted by Crippen LogP contribution is -2.50. The van der Waals surface area contributed by atoms with Crippen LogP contribution < -0.4 is 5.32 Å². The van der Waals surface area contributed by atoms with Crippen molar-refractivity contribution in [3.63, 3.8) is 0 Å². The number of nitrogens with zero attached hydrogens (tertiary/aromatic N) is 4. The van der Waals surface area contributed by atoms with Crippen molar-refractivity contribution in [2.45, 2.75) is 50.2 Å². The fraction of sp³-hybridized carbons (Fsp3) is 0.529. The predicted octanol–water partition coefficient (Wildman–Crippen LogP) is 1.32. The van der Waals surface area contributed by atoms with E-state index in [-0.39, 0.29) is 11.9 Å². The summed E-state index contributed by atoms with van der Waals surface area (Å²) < 4.78 is 0. The molecular weight excluding hydrogens is 290 g/mol. The minimum absolute atomic E-state index is 0.164. The first-order valence-electron chi connectivity index (χ1n) is 8.15. The Bertz CT molecular complexity index is 710. The van der Waals surface area contributed by atoms with Crippen molar-refractivity contribution >= 4 is 17.3 Å². The number of fused-ring (bicyclic) bond motifs is 3. The molecule has 1 amide bonds. The second-order valence-electron chi connectivity index (χ2n) is 6.72. The molecule has 6 heteroatoms. The molecule has 4 aliphatic rings. The van der Waals surface area contributed by atoms with Crippen molar-refractivity contribution in [2.24, 2.45) is 10.2 Å².